The van der Waals surface area contributed by atoms with Crippen LogP contribution < -0.4 is 16.0 Å². The van der Waals surface area contributed by atoms with Gasteiger partial charge < -0.3 is 16.0 Å². The topological polar surface area (TPSA) is 78.4 Å². The average Bonchev–Trinajstić information content (AvgIpc) is 3.46. The van der Waals surface area contributed by atoms with Gasteiger partial charge in [0.05, 0.1) is 11.9 Å². The van der Waals surface area contributed by atoms with Gasteiger partial charge in [-0.3, -0.25) is 9.78 Å². The molecule has 0 bridgehead atoms. The molecule has 142 valence electrons. The third kappa shape index (κ3) is 5.53. The monoisotopic (exact) mass is 429 g/mol. The Balaban J connectivity index is 1.57. The van der Waals surface area contributed by atoms with E-state index in [0.717, 1.165) is 30.4 Å². The molecule has 1 amide bonds. The Morgan fingerprint density at radius 3 is 2.78 bits per heavy atom. The Labute approximate surface area is 168 Å². The number of anilines is 1. The molecule has 3 N–H and O–H groups in total. The van der Waals surface area contributed by atoms with E-state index in [-0.39, 0.29) is 17.9 Å². The Morgan fingerprint density at radius 2 is 2.11 bits per heavy atom. The molecule has 0 unspecified atom stereocenters. The summed E-state index contributed by atoms with van der Waals surface area (Å²) in [4.78, 5) is 20.5. The number of halogens is 1. The number of nitrogens with one attached hydrogen (secondary N) is 3. The molecule has 0 aliphatic heterocycles. The fourth-order valence-corrected chi connectivity index (χ4v) is 3.32. The number of carbonyl (C=O) groups is 1. The van der Waals surface area contributed by atoms with Crippen molar-refractivity contribution in [3.63, 3.8) is 0 Å². The second kappa shape index (κ2) is 8.99. The summed E-state index contributed by atoms with van der Waals surface area (Å²) in [5, 5.41) is 9.38. The SMILES string of the molecule is CCNC(=NCC(=O)Nc1cccnc1)NCC1(c2cccc(Br)c2)CC1. The first-order valence-corrected chi connectivity index (χ1v) is 9.89. The van der Waals surface area contributed by atoms with Crippen LogP contribution in [-0.4, -0.2) is 36.5 Å². The number of aromatic nitrogens is 1. The second-order valence-corrected chi connectivity index (χ2v) is 7.54. The van der Waals surface area contributed by atoms with Crippen molar-refractivity contribution in [2.24, 2.45) is 4.99 Å². The molecule has 3 rings (SSSR count). The minimum Gasteiger partial charge on any atom is -0.357 e. The molecule has 1 aliphatic rings. The zero-order chi connectivity index (χ0) is 19.1. The van der Waals surface area contributed by atoms with Gasteiger partial charge in [-0.1, -0.05) is 28.1 Å². The first-order chi connectivity index (χ1) is 13.1. The fourth-order valence-electron chi connectivity index (χ4n) is 2.92. The maximum Gasteiger partial charge on any atom is 0.246 e. The number of benzene rings is 1. The van der Waals surface area contributed by atoms with E-state index < -0.39 is 0 Å². The predicted octanol–water partition coefficient (Wildman–Crippen LogP) is 3.07. The lowest BCUT2D eigenvalue weighted by Gasteiger charge is -2.19. The summed E-state index contributed by atoms with van der Waals surface area (Å²) in [6, 6.07) is 12.0. The van der Waals surface area contributed by atoms with Gasteiger partial charge in [0, 0.05) is 29.2 Å². The highest BCUT2D eigenvalue weighted by atomic mass is 79.9. The second-order valence-electron chi connectivity index (χ2n) is 6.63. The fraction of sp³-hybridized carbons (Fsp3) is 0.350. The van der Waals surface area contributed by atoms with Gasteiger partial charge in [-0.25, -0.2) is 4.99 Å². The van der Waals surface area contributed by atoms with Crippen LogP contribution in [0.3, 0.4) is 0 Å². The number of carbonyl (C=O) groups excluding carboxylic acids is 1. The molecular weight excluding hydrogens is 406 g/mol. The molecule has 1 aromatic carbocycles. The van der Waals surface area contributed by atoms with E-state index in [1.165, 1.54) is 5.56 Å². The quantitative estimate of drug-likeness (QED) is 0.466. The van der Waals surface area contributed by atoms with Gasteiger partial charge in [0.15, 0.2) is 5.96 Å². The van der Waals surface area contributed by atoms with Crippen LogP contribution in [-0.2, 0) is 10.2 Å². The molecule has 2 aromatic rings. The van der Waals surface area contributed by atoms with E-state index in [1.54, 1.807) is 24.5 Å². The number of amides is 1. The van der Waals surface area contributed by atoms with Crippen molar-refractivity contribution < 1.29 is 4.79 Å². The highest BCUT2D eigenvalue weighted by Crippen LogP contribution is 2.48. The summed E-state index contributed by atoms with van der Waals surface area (Å²) in [5.74, 6) is 0.480. The predicted molar refractivity (Wildman–Crippen MR) is 112 cm³/mol. The first-order valence-electron chi connectivity index (χ1n) is 9.09. The first kappa shape index (κ1) is 19.4. The summed E-state index contributed by atoms with van der Waals surface area (Å²) in [5.41, 5.74) is 2.15. The Morgan fingerprint density at radius 1 is 1.26 bits per heavy atom. The Hall–Kier alpha value is -2.41. The smallest absolute Gasteiger partial charge is 0.246 e. The number of aliphatic imine (C=N–C) groups is 1. The maximum atomic E-state index is 12.1. The molecular formula is C20H24BrN5O. The molecule has 7 heteroatoms. The van der Waals surface area contributed by atoms with Crippen LogP contribution in [0, 0.1) is 0 Å². The maximum absolute atomic E-state index is 12.1. The zero-order valence-corrected chi connectivity index (χ0v) is 16.9. The van der Waals surface area contributed by atoms with E-state index in [0.29, 0.717) is 11.6 Å². The van der Waals surface area contributed by atoms with E-state index in [9.17, 15) is 4.79 Å². The highest BCUT2D eigenvalue weighted by molar-refractivity contribution is 9.10. The number of pyridine rings is 1. The van der Waals surface area contributed by atoms with Gasteiger partial charge in [0.1, 0.15) is 6.54 Å². The summed E-state index contributed by atoms with van der Waals surface area (Å²) in [6.45, 7) is 3.58. The highest BCUT2D eigenvalue weighted by Gasteiger charge is 2.44. The van der Waals surface area contributed by atoms with Crippen molar-refractivity contribution >= 4 is 33.5 Å². The minimum absolute atomic E-state index is 0.0497. The van der Waals surface area contributed by atoms with E-state index in [2.05, 4.69) is 60.1 Å². The molecule has 1 aliphatic carbocycles. The van der Waals surface area contributed by atoms with Gasteiger partial charge in [0.25, 0.3) is 0 Å². The summed E-state index contributed by atoms with van der Waals surface area (Å²) < 4.78 is 1.10. The largest absolute Gasteiger partial charge is 0.357 e. The van der Waals surface area contributed by atoms with Gasteiger partial charge in [-0.15, -0.1) is 0 Å². The van der Waals surface area contributed by atoms with E-state index in [1.807, 2.05) is 13.0 Å². The molecule has 0 saturated heterocycles. The third-order valence-corrected chi connectivity index (χ3v) is 5.05. The van der Waals surface area contributed by atoms with Gasteiger partial charge in [-0.2, -0.15) is 0 Å². The molecule has 27 heavy (non-hydrogen) atoms. The van der Waals surface area contributed by atoms with Crippen molar-refractivity contribution in [2.45, 2.75) is 25.2 Å². The van der Waals surface area contributed by atoms with Crippen LogP contribution in [0.15, 0.2) is 58.3 Å². The van der Waals surface area contributed by atoms with Gasteiger partial charge in [0.2, 0.25) is 5.91 Å². The van der Waals surface area contributed by atoms with E-state index >= 15 is 0 Å². The minimum atomic E-state index is -0.173. The van der Waals surface area contributed by atoms with Crippen molar-refractivity contribution in [1.82, 2.24) is 15.6 Å². The van der Waals surface area contributed by atoms with Gasteiger partial charge >= 0.3 is 0 Å². The number of rotatable bonds is 7. The lowest BCUT2D eigenvalue weighted by Crippen LogP contribution is -2.41. The standard InChI is InChI=1S/C20H24BrN5O/c1-2-23-19(24-13-18(27)26-17-7-4-10-22-12-17)25-14-20(8-9-20)15-5-3-6-16(21)11-15/h3-7,10-12H,2,8-9,13-14H2,1H3,(H,26,27)(H2,23,24,25). The van der Waals surface area contributed by atoms with Crippen LogP contribution in [0.5, 0.6) is 0 Å². The molecule has 0 radical (unpaired) electrons. The van der Waals surface area contributed by atoms with Crippen LogP contribution in [0.25, 0.3) is 0 Å². The molecule has 1 saturated carbocycles. The molecule has 0 spiro atoms. The lowest BCUT2D eigenvalue weighted by atomic mass is 9.96. The van der Waals surface area contributed by atoms with Crippen LogP contribution in [0.2, 0.25) is 0 Å². The molecule has 6 nitrogen and oxygen atoms in total. The number of hydrogen-bond donors (Lipinski definition) is 3. The Kier molecular flexibility index (Phi) is 6.45. The Bertz CT molecular complexity index is 805. The van der Waals surface area contributed by atoms with Crippen LogP contribution >= 0.6 is 15.9 Å². The summed E-state index contributed by atoms with van der Waals surface area (Å²) in [7, 11) is 0. The van der Waals surface area contributed by atoms with Crippen LogP contribution in [0.1, 0.15) is 25.3 Å². The number of hydrogen-bond acceptors (Lipinski definition) is 3. The zero-order valence-electron chi connectivity index (χ0n) is 15.3. The van der Waals surface area contributed by atoms with E-state index in [4.69, 9.17) is 0 Å². The summed E-state index contributed by atoms with van der Waals surface area (Å²) in [6.07, 6.45) is 5.58. The number of nitrogens with zero attached hydrogens (tertiary/aromatic N) is 2. The molecule has 1 aromatic heterocycles. The lowest BCUT2D eigenvalue weighted by molar-refractivity contribution is -0.114. The van der Waals surface area contributed by atoms with Crippen molar-refractivity contribution in [3.05, 3.63) is 58.8 Å². The third-order valence-electron chi connectivity index (χ3n) is 4.56. The molecule has 1 heterocycles. The normalized spacial score (nSPS) is 15.1. The van der Waals surface area contributed by atoms with Crippen molar-refractivity contribution in [3.8, 4) is 0 Å². The average molecular weight is 430 g/mol. The van der Waals surface area contributed by atoms with Crippen LogP contribution in [0.4, 0.5) is 5.69 Å². The molecule has 1 fully saturated rings. The van der Waals surface area contributed by atoms with Gasteiger partial charge in [-0.05, 0) is 49.6 Å². The summed E-state index contributed by atoms with van der Waals surface area (Å²) >= 11 is 3.55. The molecule has 0 atom stereocenters. The van der Waals surface area contributed by atoms with Crippen molar-refractivity contribution in [2.75, 3.05) is 25.0 Å². The number of guanidine groups is 1. The van der Waals surface area contributed by atoms with Crippen molar-refractivity contribution in [1.29, 1.82) is 0 Å².